The number of methoxy groups -OCH3 is 1. The number of sulfonamides is 1. The first-order valence-corrected chi connectivity index (χ1v) is 12.4. The van der Waals surface area contributed by atoms with Crippen LogP contribution in [0.4, 0.5) is 5.69 Å². The highest BCUT2D eigenvalue weighted by atomic mass is 32.2. The van der Waals surface area contributed by atoms with Gasteiger partial charge in [0, 0.05) is 18.2 Å². The van der Waals surface area contributed by atoms with Gasteiger partial charge in [0.15, 0.2) is 0 Å². The molecule has 2 amide bonds. The minimum atomic E-state index is -3.79. The molecule has 2 rings (SSSR count). The van der Waals surface area contributed by atoms with Gasteiger partial charge in [0.1, 0.15) is 18.3 Å². The van der Waals surface area contributed by atoms with Gasteiger partial charge in [0.05, 0.1) is 19.1 Å². The van der Waals surface area contributed by atoms with E-state index in [1.807, 2.05) is 51.1 Å². The van der Waals surface area contributed by atoms with Crippen LogP contribution in [-0.4, -0.2) is 56.6 Å². The van der Waals surface area contributed by atoms with Crippen LogP contribution in [0.2, 0.25) is 0 Å². The third-order valence-electron chi connectivity index (χ3n) is 4.88. The molecular formula is C24H33N3O5S. The number of hydrogen-bond donors (Lipinski definition) is 1. The molecular weight excluding hydrogens is 442 g/mol. The zero-order valence-electron chi connectivity index (χ0n) is 20.0. The van der Waals surface area contributed by atoms with E-state index in [-0.39, 0.29) is 12.5 Å². The van der Waals surface area contributed by atoms with Gasteiger partial charge in [-0.2, -0.15) is 0 Å². The van der Waals surface area contributed by atoms with E-state index in [2.05, 4.69) is 5.32 Å². The Morgan fingerprint density at radius 3 is 2.24 bits per heavy atom. The maximum Gasteiger partial charge on any atom is 0.244 e. The molecule has 0 aliphatic heterocycles. The van der Waals surface area contributed by atoms with Crippen molar-refractivity contribution < 1.29 is 22.7 Å². The Bertz CT molecular complexity index is 1070. The lowest BCUT2D eigenvalue weighted by atomic mass is 10.1. The number of nitrogens with one attached hydrogen (secondary N) is 1. The van der Waals surface area contributed by atoms with Gasteiger partial charge in [-0.25, -0.2) is 8.42 Å². The lowest BCUT2D eigenvalue weighted by molar-refractivity contribution is -0.140. The van der Waals surface area contributed by atoms with Gasteiger partial charge in [-0.1, -0.05) is 36.4 Å². The van der Waals surface area contributed by atoms with E-state index in [4.69, 9.17) is 4.74 Å². The summed E-state index contributed by atoms with van der Waals surface area (Å²) < 4.78 is 31.4. The van der Waals surface area contributed by atoms with Gasteiger partial charge < -0.3 is 15.0 Å². The molecule has 1 atom stereocenters. The predicted octanol–water partition coefficient (Wildman–Crippen LogP) is 2.79. The molecule has 1 N–H and O–H groups in total. The van der Waals surface area contributed by atoms with Crippen molar-refractivity contribution in [2.24, 2.45) is 0 Å². The van der Waals surface area contributed by atoms with Crippen molar-refractivity contribution in [2.75, 3.05) is 24.2 Å². The van der Waals surface area contributed by atoms with E-state index >= 15 is 0 Å². The van der Waals surface area contributed by atoms with Crippen molar-refractivity contribution in [3.63, 3.8) is 0 Å². The lowest BCUT2D eigenvalue weighted by Gasteiger charge is -2.33. The number of hydrogen-bond acceptors (Lipinski definition) is 5. The SMILES string of the molecule is COc1cccc(N(CC(=O)N(Cc2ccccc2)C(C)C(=O)NC(C)(C)C)S(C)(=O)=O)c1. The predicted molar refractivity (Wildman–Crippen MR) is 130 cm³/mol. The van der Waals surface area contributed by atoms with E-state index < -0.39 is 34.1 Å². The maximum absolute atomic E-state index is 13.5. The second-order valence-corrected chi connectivity index (χ2v) is 10.8. The Morgan fingerprint density at radius 2 is 1.70 bits per heavy atom. The Balaban J connectivity index is 2.39. The summed E-state index contributed by atoms with van der Waals surface area (Å²) in [6.45, 7) is 6.91. The number of rotatable bonds is 9. The molecule has 2 aromatic carbocycles. The second kappa shape index (κ2) is 10.7. The van der Waals surface area contributed by atoms with E-state index in [9.17, 15) is 18.0 Å². The van der Waals surface area contributed by atoms with Gasteiger partial charge in [0.25, 0.3) is 0 Å². The summed E-state index contributed by atoms with van der Waals surface area (Å²) in [4.78, 5) is 27.7. The fourth-order valence-electron chi connectivity index (χ4n) is 3.22. The van der Waals surface area contributed by atoms with Crippen molar-refractivity contribution in [2.45, 2.75) is 45.8 Å². The number of benzene rings is 2. The normalized spacial score (nSPS) is 12.5. The van der Waals surface area contributed by atoms with Gasteiger partial charge in [0.2, 0.25) is 21.8 Å². The van der Waals surface area contributed by atoms with Gasteiger partial charge in [-0.15, -0.1) is 0 Å². The zero-order chi connectivity index (χ0) is 24.8. The summed E-state index contributed by atoms with van der Waals surface area (Å²) in [6, 6.07) is 14.9. The highest BCUT2D eigenvalue weighted by Crippen LogP contribution is 2.23. The molecule has 0 radical (unpaired) electrons. The van der Waals surface area contributed by atoms with Gasteiger partial charge in [-0.05, 0) is 45.4 Å². The Morgan fingerprint density at radius 1 is 1.06 bits per heavy atom. The highest BCUT2D eigenvalue weighted by Gasteiger charge is 2.31. The Kier molecular flexibility index (Phi) is 8.49. The van der Waals surface area contributed by atoms with Gasteiger partial charge >= 0.3 is 0 Å². The molecule has 0 fully saturated rings. The molecule has 33 heavy (non-hydrogen) atoms. The van der Waals surface area contributed by atoms with Crippen LogP contribution in [0.3, 0.4) is 0 Å². The van der Waals surface area contributed by atoms with Crippen molar-refractivity contribution in [3.8, 4) is 5.75 Å². The number of anilines is 1. The van der Waals surface area contributed by atoms with Crippen LogP contribution >= 0.6 is 0 Å². The van der Waals surface area contributed by atoms with Crippen LogP contribution in [0.1, 0.15) is 33.3 Å². The maximum atomic E-state index is 13.5. The minimum Gasteiger partial charge on any atom is -0.497 e. The monoisotopic (exact) mass is 475 g/mol. The highest BCUT2D eigenvalue weighted by molar-refractivity contribution is 7.92. The van der Waals surface area contributed by atoms with Crippen molar-refractivity contribution in [1.29, 1.82) is 0 Å². The summed E-state index contributed by atoms with van der Waals surface area (Å²) in [5.74, 6) is -0.351. The van der Waals surface area contributed by atoms with E-state index in [0.717, 1.165) is 16.1 Å². The molecule has 8 nitrogen and oxygen atoms in total. The molecule has 0 spiro atoms. The minimum absolute atomic E-state index is 0.161. The standard InChI is InChI=1S/C24H33N3O5S/c1-18(23(29)25-24(2,3)4)26(16-19-11-8-7-9-12-19)22(28)17-27(33(6,30)31)20-13-10-14-21(15-20)32-5/h7-15,18H,16-17H2,1-6H3,(H,25,29). The molecule has 0 aliphatic carbocycles. The second-order valence-electron chi connectivity index (χ2n) is 8.89. The summed E-state index contributed by atoms with van der Waals surface area (Å²) >= 11 is 0. The average Bonchev–Trinajstić information content (AvgIpc) is 2.74. The van der Waals surface area contributed by atoms with Crippen LogP contribution in [0.25, 0.3) is 0 Å². The molecule has 1 unspecified atom stereocenters. The molecule has 0 aliphatic rings. The summed E-state index contributed by atoms with van der Waals surface area (Å²) in [5, 5.41) is 2.89. The Hall–Kier alpha value is -3.07. The van der Waals surface area contributed by atoms with E-state index in [1.54, 1.807) is 31.2 Å². The van der Waals surface area contributed by atoms with Crippen molar-refractivity contribution in [1.82, 2.24) is 10.2 Å². The largest absolute Gasteiger partial charge is 0.497 e. The third-order valence-corrected chi connectivity index (χ3v) is 6.02. The summed E-state index contributed by atoms with van der Waals surface area (Å²) in [5.41, 5.74) is 0.650. The number of carbonyl (C=O) groups is 2. The first-order chi connectivity index (χ1) is 15.3. The molecule has 0 aromatic heterocycles. The Labute approximate surface area is 196 Å². The molecule has 0 saturated heterocycles. The fourth-order valence-corrected chi connectivity index (χ4v) is 4.06. The first-order valence-electron chi connectivity index (χ1n) is 10.6. The van der Waals surface area contributed by atoms with Crippen LogP contribution in [0.5, 0.6) is 5.75 Å². The topological polar surface area (TPSA) is 96.0 Å². The molecule has 180 valence electrons. The number of amides is 2. The van der Waals surface area contributed by atoms with Crippen LogP contribution in [-0.2, 0) is 26.2 Å². The third kappa shape index (κ3) is 7.78. The molecule has 0 heterocycles. The fraction of sp³-hybridized carbons (Fsp3) is 0.417. The van der Waals surface area contributed by atoms with Crippen molar-refractivity contribution >= 4 is 27.5 Å². The summed E-state index contributed by atoms with van der Waals surface area (Å²) in [7, 11) is -2.31. The van der Waals surface area contributed by atoms with Gasteiger partial charge in [-0.3, -0.25) is 13.9 Å². The van der Waals surface area contributed by atoms with Crippen LogP contribution in [0, 0.1) is 0 Å². The zero-order valence-corrected chi connectivity index (χ0v) is 20.8. The average molecular weight is 476 g/mol. The number of ether oxygens (including phenoxy) is 1. The van der Waals surface area contributed by atoms with E-state index in [0.29, 0.717) is 11.4 Å². The van der Waals surface area contributed by atoms with Crippen LogP contribution < -0.4 is 14.4 Å². The van der Waals surface area contributed by atoms with Crippen molar-refractivity contribution in [3.05, 3.63) is 60.2 Å². The quantitative estimate of drug-likeness (QED) is 0.602. The molecule has 2 aromatic rings. The number of carbonyl (C=O) groups excluding carboxylic acids is 2. The molecule has 0 saturated carbocycles. The molecule has 0 bridgehead atoms. The number of nitrogens with zero attached hydrogens (tertiary/aromatic N) is 2. The lowest BCUT2D eigenvalue weighted by Crippen LogP contribution is -2.54. The smallest absolute Gasteiger partial charge is 0.244 e. The summed E-state index contributed by atoms with van der Waals surface area (Å²) in [6.07, 6.45) is 1.04. The van der Waals surface area contributed by atoms with E-state index in [1.165, 1.54) is 12.0 Å². The van der Waals surface area contributed by atoms with Crippen LogP contribution in [0.15, 0.2) is 54.6 Å². The first kappa shape index (κ1) is 26.2. The molecule has 9 heteroatoms.